The van der Waals surface area contributed by atoms with Crippen LogP contribution in [0.25, 0.3) is 0 Å². The maximum atomic E-state index is 14.3. The van der Waals surface area contributed by atoms with E-state index in [0.29, 0.717) is 106 Å². The van der Waals surface area contributed by atoms with Gasteiger partial charge in [0.25, 0.3) is 23.6 Å². The highest BCUT2D eigenvalue weighted by Gasteiger charge is 2.42. The Morgan fingerprint density at radius 3 is 1.54 bits per heavy atom. The van der Waals surface area contributed by atoms with E-state index in [0.717, 1.165) is 28.4 Å². The first-order valence-corrected chi connectivity index (χ1v) is 20.8. The van der Waals surface area contributed by atoms with Crippen LogP contribution in [0.2, 0.25) is 0 Å². The van der Waals surface area contributed by atoms with E-state index in [1.54, 1.807) is 76.5 Å². The van der Waals surface area contributed by atoms with Crippen LogP contribution in [0.15, 0.2) is 86.3 Å². The number of hydrogen-bond acceptors (Lipinski definition) is 14. The lowest BCUT2D eigenvalue weighted by Crippen LogP contribution is -2.40. The van der Waals surface area contributed by atoms with Crippen LogP contribution in [0, 0.1) is 0 Å². The van der Waals surface area contributed by atoms with E-state index in [1.807, 2.05) is 0 Å². The standard InChI is InChI=1S/C42H47N3O12S2/c1-29(46)28-56-24-23-54-21-22-55-25-26-57-32-7-12-35(36(27-32)51-2)45-41(49)37(58-33-8-3-30(4-9-33)39(47)43-13-17-52-18-14-43)38(42(45)50)59-34-10-5-31(6-11-34)40(48)44-15-19-53-20-16-44/h3-12,27H,13-26,28H2,1-2H3. The SMILES string of the molecule is COc1cc(OCCOCCOCCOCC(C)=O)ccc1N1C(=O)C(Sc2ccc(C(=O)N3CCOCC3)cc2)=C(Sc2ccc(C(=O)N3CCOCC3)cc2)C1=O. The molecule has 0 N–H and O–H groups in total. The summed E-state index contributed by atoms with van der Waals surface area (Å²) in [4.78, 5) is 72.0. The minimum Gasteiger partial charge on any atom is -0.494 e. The van der Waals surface area contributed by atoms with Gasteiger partial charge in [-0.25, -0.2) is 4.90 Å². The summed E-state index contributed by atoms with van der Waals surface area (Å²) in [5.74, 6) is -0.625. The first-order valence-electron chi connectivity index (χ1n) is 19.2. The minimum atomic E-state index is -0.539. The highest BCUT2D eigenvalue weighted by atomic mass is 32.2. The number of thioether (sulfide) groups is 2. The Bertz CT molecular complexity index is 1880. The Morgan fingerprint density at radius 2 is 1.08 bits per heavy atom. The van der Waals surface area contributed by atoms with Gasteiger partial charge in [-0.2, -0.15) is 0 Å². The zero-order valence-electron chi connectivity index (χ0n) is 33.0. The number of rotatable bonds is 20. The molecule has 6 rings (SSSR count). The summed E-state index contributed by atoms with van der Waals surface area (Å²) in [6.07, 6.45) is 0. The summed E-state index contributed by atoms with van der Waals surface area (Å²) in [6.45, 7) is 7.44. The Labute approximate surface area is 351 Å². The molecule has 17 heteroatoms. The van der Waals surface area contributed by atoms with Crippen molar-refractivity contribution < 1.29 is 57.1 Å². The Kier molecular flexibility index (Phi) is 16.4. The van der Waals surface area contributed by atoms with Crippen molar-refractivity contribution in [1.29, 1.82) is 0 Å². The second-order valence-corrected chi connectivity index (χ2v) is 15.5. The average Bonchev–Trinajstić information content (AvgIpc) is 3.49. The lowest BCUT2D eigenvalue weighted by Gasteiger charge is -2.26. The number of carbonyl (C=O) groups is 5. The van der Waals surface area contributed by atoms with Gasteiger partial charge in [0, 0.05) is 53.2 Å². The molecular formula is C42H47N3O12S2. The van der Waals surface area contributed by atoms with Gasteiger partial charge in [0.15, 0.2) is 5.78 Å². The van der Waals surface area contributed by atoms with E-state index in [1.165, 1.54) is 14.0 Å². The molecule has 0 aliphatic carbocycles. The fraction of sp³-hybridized carbons (Fsp3) is 0.405. The molecular weight excluding hydrogens is 803 g/mol. The number of benzene rings is 3. The van der Waals surface area contributed by atoms with Crippen molar-refractivity contribution >= 4 is 58.6 Å². The summed E-state index contributed by atoms with van der Waals surface area (Å²) >= 11 is 2.27. The molecule has 3 aromatic carbocycles. The monoisotopic (exact) mass is 849 g/mol. The fourth-order valence-corrected chi connectivity index (χ4v) is 8.14. The summed E-state index contributed by atoms with van der Waals surface area (Å²) in [7, 11) is 1.44. The molecule has 0 unspecified atom stereocenters. The molecule has 0 spiro atoms. The van der Waals surface area contributed by atoms with E-state index < -0.39 is 11.8 Å². The number of carbonyl (C=O) groups excluding carboxylic acids is 5. The molecule has 3 aliphatic heterocycles. The number of hydrogen-bond donors (Lipinski definition) is 0. The molecule has 0 bridgehead atoms. The molecule has 2 fully saturated rings. The Morgan fingerprint density at radius 1 is 0.627 bits per heavy atom. The van der Waals surface area contributed by atoms with Crippen LogP contribution >= 0.6 is 23.5 Å². The van der Waals surface area contributed by atoms with Crippen LogP contribution in [-0.2, 0) is 38.1 Å². The van der Waals surface area contributed by atoms with E-state index in [-0.39, 0.29) is 58.7 Å². The van der Waals surface area contributed by atoms with Crippen LogP contribution in [0.5, 0.6) is 11.5 Å². The van der Waals surface area contributed by atoms with Crippen molar-refractivity contribution in [2.75, 3.05) is 111 Å². The van der Waals surface area contributed by atoms with Gasteiger partial charge in [0.1, 0.15) is 24.7 Å². The van der Waals surface area contributed by atoms with Gasteiger partial charge in [0.2, 0.25) is 0 Å². The first-order chi connectivity index (χ1) is 28.7. The van der Waals surface area contributed by atoms with Gasteiger partial charge in [-0.05, 0) is 67.6 Å². The number of nitrogens with zero attached hydrogens (tertiary/aromatic N) is 3. The summed E-state index contributed by atoms with van der Waals surface area (Å²) in [6, 6.07) is 18.8. The van der Waals surface area contributed by atoms with Crippen molar-refractivity contribution in [2.24, 2.45) is 0 Å². The zero-order valence-corrected chi connectivity index (χ0v) is 34.6. The molecule has 0 radical (unpaired) electrons. The second kappa shape index (κ2) is 22.0. The van der Waals surface area contributed by atoms with Gasteiger partial charge in [-0.3, -0.25) is 24.0 Å². The molecule has 4 amide bonds. The van der Waals surface area contributed by atoms with E-state index in [4.69, 9.17) is 33.2 Å². The van der Waals surface area contributed by atoms with Crippen LogP contribution in [0.4, 0.5) is 5.69 Å². The Hall–Kier alpha value is -4.75. The van der Waals surface area contributed by atoms with Crippen LogP contribution in [0.1, 0.15) is 27.6 Å². The molecule has 3 heterocycles. The maximum absolute atomic E-state index is 14.3. The van der Waals surface area contributed by atoms with Crippen LogP contribution in [-0.4, -0.2) is 145 Å². The molecule has 59 heavy (non-hydrogen) atoms. The second-order valence-electron chi connectivity index (χ2n) is 13.3. The molecule has 2 saturated heterocycles. The number of ketones is 1. The van der Waals surface area contributed by atoms with Crippen molar-refractivity contribution in [1.82, 2.24) is 9.80 Å². The van der Waals surface area contributed by atoms with E-state index >= 15 is 0 Å². The molecule has 3 aliphatic rings. The summed E-state index contributed by atoms with van der Waals surface area (Å²) < 4.78 is 38.4. The van der Waals surface area contributed by atoms with Crippen LogP contribution in [0.3, 0.4) is 0 Å². The van der Waals surface area contributed by atoms with Crippen molar-refractivity contribution in [3.63, 3.8) is 0 Å². The summed E-state index contributed by atoms with van der Waals surface area (Å²) in [5.41, 5.74) is 1.26. The number of imide groups is 1. The topological polar surface area (TPSA) is 160 Å². The van der Waals surface area contributed by atoms with E-state index in [9.17, 15) is 24.0 Å². The third-order valence-electron chi connectivity index (χ3n) is 9.18. The highest BCUT2D eigenvalue weighted by molar-refractivity contribution is 8.08. The first kappa shape index (κ1) is 43.8. The quantitative estimate of drug-likeness (QED) is 0.117. The predicted octanol–water partition coefficient (Wildman–Crippen LogP) is 4.33. The van der Waals surface area contributed by atoms with Crippen molar-refractivity contribution in [3.05, 3.63) is 87.7 Å². The largest absolute Gasteiger partial charge is 0.494 e. The van der Waals surface area contributed by atoms with Gasteiger partial charge in [0.05, 0.1) is 82.1 Å². The minimum absolute atomic E-state index is 0.0416. The van der Waals surface area contributed by atoms with Gasteiger partial charge in [-0.15, -0.1) is 0 Å². The lowest BCUT2D eigenvalue weighted by atomic mass is 10.2. The fourth-order valence-electron chi connectivity index (χ4n) is 6.16. The number of ether oxygens (including phenoxy) is 7. The Balaban J connectivity index is 1.14. The normalized spacial score (nSPS) is 15.9. The predicted molar refractivity (Wildman–Crippen MR) is 219 cm³/mol. The summed E-state index contributed by atoms with van der Waals surface area (Å²) in [5, 5.41) is 0. The number of methoxy groups -OCH3 is 1. The highest BCUT2D eigenvalue weighted by Crippen LogP contribution is 2.46. The number of morpholine rings is 2. The average molecular weight is 850 g/mol. The zero-order chi connectivity index (χ0) is 41.6. The molecule has 15 nitrogen and oxygen atoms in total. The smallest absolute Gasteiger partial charge is 0.273 e. The van der Waals surface area contributed by atoms with Gasteiger partial charge >= 0.3 is 0 Å². The van der Waals surface area contributed by atoms with Gasteiger partial charge in [-0.1, -0.05) is 23.5 Å². The lowest BCUT2D eigenvalue weighted by molar-refractivity contribution is -0.122. The third kappa shape index (κ3) is 11.9. The van der Waals surface area contributed by atoms with Gasteiger partial charge < -0.3 is 43.0 Å². The maximum Gasteiger partial charge on any atom is 0.273 e. The molecule has 314 valence electrons. The number of Topliss-reactive ketones (excluding diaryl/α,β-unsaturated/α-hetero) is 1. The van der Waals surface area contributed by atoms with Crippen LogP contribution < -0.4 is 14.4 Å². The van der Waals surface area contributed by atoms with Crippen molar-refractivity contribution in [3.8, 4) is 11.5 Å². The van der Waals surface area contributed by atoms with E-state index in [2.05, 4.69) is 0 Å². The molecule has 3 aromatic rings. The molecule has 0 aromatic heterocycles. The molecule has 0 saturated carbocycles. The third-order valence-corrected chi connectivity index (χ3v) is 11.5. The number of anilines is 1. The number of amides is 4. The van der Waals surface area contributed by atoms with Crippen molar-refractivity contribution in [2.45, 2.75) is 16.7 Å². The molecule has 0 atom stereocenters.